The molecule has 2 aromatic rings. The standard InChI is InChI=1S/C32H37NO12/c1-12-26(36)18(33)8-21(42-12)45-31-13(2)43-22(9-19(31)35)44-20-11-32(41,14(3)34)10-17-23(20)30(40)25-24(29(17)39)27(37)15-6-4-5-7-16(15)28(25)38/h4-7,12-13,18-22,26,31,35-36,39-41H,8-11,33H2,1-3H3/t12-,13-,18-,19-,20-,21-,22?,26+,31+,32-/m0/s1. The summed E-state index contributed by atoms with van der Waals surface area (Å²) in [5.41, 5.74) is 3.10. The van der Waals surface area contributed by atoms with Gasteiger partial charge in [-0.2, -0.15) is 0 Å². The van der Waals surface area contributed by atoms with E-state index >= 15 is 0 Å². The third-order valence-corrected chi connectivity index (χ3v) is 9.45. The number of phenolic OH excluding ortho intramolecular Hbond substituents is 2. The molecule has 242 valence electrons. The van der Waals surface area contributed by atoms with Crippen LogP contribution < -0.4 is 5.73 Å². The summed E-state index contributed by atoms with van der Waals surface area (Å²) < 4.78 is 23.9. The number of fused-ring (bicyclic) bond motifs is 3. The summed E-state index contributed by atoms with van der Waals surface area (Å²) in [6.07, 6.45) is -8.12. The fourth-order valence-electron chi connectivity index (χ4n) is 6.90. The summed E-state index contributed by atoms with van der Waals surface area (Å²) in [4.78, 5) is 39.6. The lowest BCUT2D eigenvalue weighted by Crippen LogP contribution is -2.56. The van der Waals surface area contributed by atoms with E-state index in [0.717, 1.165) is 0 Å². The van der Waals surface area contributed by atoms with Gasteiger partial charge in [-0.3, -0.25) is 14.4 Å². The maximum absolute atomic E-state index is 13.5. The maximum atomic E-state index is 13.5. The van der Waals surface area contributed by atoms with E-state index in [0.29, 0.717) is 0 Å². The average molecular weight is 628 g/mol. The van der Waals surface area contributed by atoms with Crippen molar-refractivity contribution in [2.45, 2.75) is 107 Å². The summed E-state index contributed by atoms with van der Waals surface area (Å²) in [5, 5.41) is 55.4. The molecule has 0 aromatic heterocycles. The Bertz CT molecular complexity index is 1540. The molecule has 0 amide bonds. The van der Waals surface area contributed by atoms with Crippen LogP contribution in [-0.2, 0) is 30.2 Å². The van der Waals surface area contributed by atoms with E-state index in [1.165, 1.54) is 19.1 Å². The van der Waals surface area contributed by atoms with Crippen LogP contribution in [0.15, 0.2) is 24.3 Å². The molecule has 45 heavy (non-hydrogen) atoms. The zero-order chi connectivity index (χ0) is 32.5. The molecule has 2 aliphatic carbocycles. The molecule has 0 bridgehead atoms. The molecule has 0 spiro atoms. The molecule has 2 aliphatic heterocycles. The van der Waals surface area contributed by atoms with E-state index in [-0.39, 0.29) is 41.5 Å². The molecular weight excluding hydrogens is 590 g/mol. The smallest absolute Gasteiger partial charge is 0.198 e. The minimum absolute atomic E-state index is 0.0525. The summed E-state index contributed by atoms with van der Waals surface area (Å²) in [6, 6.07) is 5.45. The van der Waals surface area contributed by atoms with E-state index < -0.39 is 107 Å². The highest BCUT2D eigenvalue weighted by molar-refractivity contribution is 6.30. The first kappa shape index (κ1) is 31.7. The third-order valence-electron chi connectivity index (χ3n) is 9.45. The fraction of sp³-hybridized carbons (Fsp3) is 0.531. The number of rotatable bonds is 5. The molecular formula is C32H37NO12. The summed E-state index contributed by atoms with van der Waals surface area (Å²) in [6.45, 7) is 4.48. The highest BCUT2D eigenvalue weighted by Gasteiger charge is 2.49. The number of aliphatic hydroxyl groups excluding tert-OH is 2. The van der Waals surface area contributed by atoms with Crippen molar-refractivity contribution in [1.29, 1.82) is 0 Å². The molecule has 4 aliphatic rings. The van der Waals surface area contributed by atoms with Crippen LogP contribution in [0, 0.1) is 0 Å². The minimum Gasteiger partial charge on any atom is -0.507 e. The Morgan fingerprint density at radius 1 is 0.933 bits per heavy atom. The van der Waals surface area contributed by atoms with Crippen LogP contribution in [-0.4, -0.2) is 97.6 Å². The monoisotopic (exact) mass is 627 g/mol. The first-order chi connectivity index (χ1) is 21.2. The number of carbonyl (C=O) groups excluding carboxylic acids is 3. The molecule has 10 atom stereocenters. The Morgan fingerprint density at radius 2 is 1.51 bits per heavy atom. The van der Waals surface area contributed by atoms with Gasteiger partial charge in [0.05, 0.1) is 41.6 Å². The molecule has 13 heteroatoms. The second kappa shape index (κ2) is 11.5. The molecule has 7 N–H and O–H groups in total. The lowest BCUT2D eigenvalue weighted by atomic mass is 9.72. The van der Waals surface area contributed by atoms with Gasteiger partial charge in [0.25, 0.3) is 0 Å². The molecule has 1 unspecified atom stereocenters. The van der Waals surface area contributed by atoms with Gasteiger partial charge in [0, 0.05) is 54.0 Å². The van der Waals surface area contributed by atoms with Crippen molar-refractivity contribution in [3.8, 4) is 11.5 Å². The molecule has 6 rings (SSSR count). The molecule has 2 saturated heterocycles. The van der Waals surface area contributed by atoms with Crippen LogP contribution in [0.5, 0.6) is 11.5 Å². The number of ketones is 3. The molecule has 13 nitrogen and oxygen atoms in total. The summed E-state index contributed by atoms with van der Waals surface area (Å²) in [5.74, 6) is -3.23. The number of Topliss-reactive ketones (excluding diaryl/α,β-unsaturated/α-hetero) is 1. The van der Waals surface area contributed by atoms with Crippen molar-refractivity contribution >= 4 is 17.3 Å². The summed E-state index contributed by atoms with van der Waals surface area (Å²) >= 11 is 0. The SMILES string of the molecule is CC(=O)[C@]1(O)Cc2c(O)c3c(c(O)c2[C@@H](OC2C[C@H](O)[C@H](O[C@H]4C[C@H](N)[C@H](O)[C@H](C)O4)[C@H](C)O2)C1)C(=O)c1ccccc1C3=O. The minimum atomic E-state index is -2.04. The van der Waals surface area contributed by atoms with Crippen LogP contribution in [0.2, 0.25) is 0 Å². The van der Waals surface area contributed by atoms with Crippen LogP contribution in [0.25, 0.3) is 0 Å². The van der Waals surface area contributed by atoms with Crippen molar-refractivity contribution < 1.29 is 58.9 Å². The van der Waals surface area contributed by atoms with Gasteiger partial charge in [-0.1, -0.05) is 24.3 Å². The molecule has 2 aromatic carbocycles. The normalized spacial score (nSPS) is 36.2. The maximum Gasteiger partial charge on any atom is 0.198 e. The van der Waals surface area contributed by atoms with Crippen LogP contribution >= 0.6 is 0 Å². The van der Waals surface area contributed by atoms with Gasteiger partial charge in [0.1, 0.15) is 23.2 Å². The highest BCUT2D eigenvalue weighted by Crippen LogP contribution is 2.52. The van der Waals surface area contributed by atoms with Crippen molar-refractivity contribution in [3.63, 3.8) is 0 Å². The van der Waals surface area contributed by atoms with Gasteiger partial charge in [-0.15, -0.1) is 0 Å². The number of hydrogen-bond donors (Lipinski definition) is 6. The van der Waals surface area contributed by atoms with Crippen molar-refractivity contribution in [2.24, 2.45) is 5.73 Å². The fourth-order valence-corrected chi connectivity index (χ4v) is 6.90. The Labute approximate surface area is 258 Å². The van der Waals surface area contributed by atoms with Crippen molar-refractivity contribution in [2.75, 3.05) is 0 Å². The highest BCUT2D eigenvalue weighted by atomic mass is 16.7. The molecule has 0 radical (unpaired) electrons. The van der Waals surface area contributed by atoms with Crippen LogP contribution in [0.4, 0.5) is 0 Å². The second-order valence-corrected chi connectivity index (χ2v) is 12.5. The van der Waals surface area contributed by atoms with E-state index in [4.69, 9.17) is 24.7 Å². The average Bonchev–Trinajstić information content (AvgIpc) is 2.98. The number of nitrogens with two attached hydrogens (primary N) is 1. The van der Waals surface area contributed by atoms with Crippen LogP contribution in [0.3, 0.4) is 0 Å². The predicted molar refractivity (Wildman–Crippen MR) is 154 cm³/mol. The molecule has 2 fully saturated rings. The molecule has 2 heterocycles. The van der Waals surface area contributed by atoms with Gasteiger partial charge in [-0.25, -0.2) is 0 Å². The van der Waals surface area contributed by atoms with Gasteiger partial charge < -0.3 is 50.2 Å². The zero-order valence-electron chi connectivity index (χ0n) is 25.0. The number of ether oxygens (including phenoxy) is 4. The quantitative estimate of drug-likeness (QED) is 0.217. The van der Waals surface area contributed by atoms with Crippen LogP contribution in [0.1, 0.15) is 89.1 Å². The first-order valence-corrected chi connectivity index (χ1v) is 15.0. The van der Waals surface area contributed by atoms with Gasteiger partial charge in [-0.05, 0) is 20.8 Å². The Morgan fingerprint density at radius 3 is 2.09 bits per heavy atom. The lowest BCUT2D eigenvalue weighted by molar-refractivity contribution is -0.311. The Hall–Kier alpha value is -3.27. The number of carbonyl (C=O) groups is 3. The number of benzene rings is 2. The van der Waals surface area contributed by atoms with E-state index in [1.807, 2.05) is 0 Å². The zero-order valence-corrected chi connectivity index (χ0v) is 25.0. The summed E-state index contributed by atoms with van der Waals surface area (Å²) in [7, 11) is 0. The predicted octanol–water partition coefficient (Wildman–Crippen LogP) is 0.901. The number of aromatic hydroxyl groups is 2. The van der Waals surface area contributed by atoms with E-state index in [9.17, 15) is 39.9 Å². The van der Waals surface area contributed by atoms with Gasteiger partial charge >= 0.3 is 0 Å². The van der Waals surface area contributed by atoms with Crippen molar-refractivity contribution in [3.05, 3.63) is 57.6 Å². The Kier molecular flexibility index (Phi) is 8.11. The largest absolute Gasteiger partial charge is 0.507 e. The third kappa shape index (κ3) is 5.26. The number of aliphatic hydroxyl groups is 3. The lowest BCUT2D eigenvalue weighted by Gasteiger charge is -2.44. The number of phenols is 2. The van der Waals surface area contributed by atoms with Gasteiger partial charge in [0.15, 0.2) is 29.9 Å². The number of hydrogen-bond acceptors (Lipinski definition) is 13. The van der Waals surface area contributed by atoms with Crippen molar-refractivity contribution in [1.82, 2.24) is 0 Å². The van der Waals surface area contributed by atoms with E-state index in [1.54, 1.807) is 26.0 Å². The van der Waals surface area contributed by atoms with E-state index in [2.05, 4.69) is 0 Å². The van der Waals surface area contributed by atoms with Gasteiger partial charge in [0.2, 0.25) is 0 Å². The topological polar surface area (TPSA) is 215 Å². The first-order valence-electron chi connectivity index (χ1n) is 15.0. The Balaban J connectivity index is 1.30. The second-order valence-electron chi connectivity index (χ2n) is 12.5. The molecule has 0 saturated carbocycles.